The van der Waals surface area contributed by atoms with Gasteiger partial charge in [0.15, 0.2) is 0 Å². The van der Waals surface area contributed by atoms with Crippen LogP contribution in [-0.2, 0) is 0 Å². The summed E-state index contributed by atoms with van der Waals surface area (Å²) in [5.41, 5.74) is 0. The van der Waals surface area contributed by atoms with E-state index in [4.69, 9.17) is 0 Å². The minimum Gasteiger partial charge on any atom is -0.314 e. The summed E-state index contributed by atoms with van der Waals surface area (Å²) in [6, 6.07) is 2.27. The van der Waals surface area contributed by atoms with Crippen molar-refractivity contribution in [2.24, 2.45) is 5.92 Å². The first-order valence-corrected chi connectivity index (χ1v) is 7.49. The SMILES string of the molecule is CCNC1CCCC(N(C)C(C)CC(C)C)C1. The van der Waals surface area contributed by atoms with Crippen LogP contribution in [-0.4, -0.2) is 36.6 Å². The van der Waals surface area contributed by atoms with Crippen molar-refractivity contribution in [3.05, 3.63) is 0 Å². The number of hydrogen-bond donors (Lipinski definition) is 1. The predicted molar refractivity (Wildman–Crippen MR) is 76.4 cm³/mol. The van der Waals surface area contributed by atoms with E-state index in [0.717, 1.165) is 30.6 Å². The van der Waals surface area contributed by atoms with Crippen LogP contribution in [0.5, 0.6) is 0 Å². The van der Waals surface area contributed by atoms with Crippen molar-refractivity contribution in [2.75, 3.05) is 13.6 Å². The topological polar surface area (TPSA) is 15.3 Å². The molecule has 0 heterocycles. The second-order valence-corrected chi connectivity index (χ2v) is 6.22. The van der Waals surface area contributed by atoms with Crippen LogP contribution in [0.3, 0.4) is 0 Å². The first-order valence-electron chi connectivity index (χ1n) is 7.49. The van der Waals surface area contributed by atoms with Gasteiger partial charge in [0.25, 0.3) is 0 Å². The molecule has 3 unspecified atom stereocenters. The van der Waals surface area contributed by atoms with Gasteiger partial charge in [-0.05, 0) is 52.1 Å². The maximum absolute atomic E-state index is 3.62. The zero-order valence-corrected chi connectivity index (χ0v) is 12.5. The molecule has 0 radical (unpaired) electrons. The Morgan fingerprint density at radius 2 is 1.94 bits per heavy atom. The number of nitrogens with zero attached hydrogens (tertiary/aromatic N) is 1. The fourth-order valence-electron chi connectivity index (χ4n) is 3.22. The molecule has 1 N–H and O–H groups in total. The van der Waals surface area contributed by atoms with E-state index in [1.54, 1.807) is 0 Å². The fourth-order valence-corrected chi connectivity index (χ4v) is 3.22. The second kappa shape index (κ2) is 7.38. The van der Waals surface area contributed by atoms with Gasteiger partial charge >= 0.3 is 0 Å². The van der Waals surface area contributed by atoms with Crippen molar-refractivity contribution >= 4 is 0 Å². The van der Waals surface area contributed by atoms with Crippen LogP contribution in [0.2, 0.25) is 0 Å². The summed E-state index contributed by atoms with van der Waals surface area (Å²) >= 11 is 0. The van der Waals surface area contributed by atoms with Crippen molar-refractivity contribution in [3.8, 4) is 0 Å². The Morgan fingerprint density at radius 1 is 1.24 bits per heavy atom. The van der Waals surface area contributed by atoms with E-state index in [2.05, 4.69) is 45.0 Å². The van der Waals surface area contributed by atoms with Gasteiger partial charge in [0, 0.05) is 18.1 Å². The fraction of sp³-hybridized carbons (Fsp3) is 1.00. The van der Waals surface area contributed by atoms with Crippen molar-refractivity contribution in [3.63, 3.8) is 0 Å². The quantitative estimate of drug-likeness (QED) is 0.766. The van der Waals surface area contributed by atoms with Gasteiger partial charge in [-0.2, -0.15) is 0 Å². The van der Waals surface area contributed by atoms with Gasteiger partial charge in [-0.1, -0.05) is 27.2 Å². The minimum atomic E-state index is 0.723. The van der Waals surface area contributed by atoms with E-state index in [1.165, 1.54) is 32.1 Å². The molecule has 17 heavy (non-hydrogen) atoms. The van der Waals surface area contributed by atoms with Gasteiger partial charge in [-0.3, -0.25) is 0 Å². The molecule has 0 aromatic rings. The molecule has 1 aliphatic rings. The van der Waals surface area contributed by atoms with E-state index >= 15 is 0 Å². The highest BCUT2D eigenvalue weighted by atomic mass is 15.2. The molecule has 3 atom stereocenters. The lowest BCUT2D eigenvalue weighted by atomic mass is 9.89. The molecule has 1 aliphatic carbocycles. The van der Waals surface area contributed by atoms with E-state index in [0.29, 0.717) is 0 Å². The normalized spacial score (nSPS) is 27.7. The van der Waals surface area contributed by atoms with Crippen LogP contribution in [0.4, 0.5) is 0 Å². The van der Waals surface area contributed by atoms with Crippen molar-refractivity contribution in [1.29, 1.82) is 0 Å². The lowest BCUT2D eigenvalue weighted by molar-refractivity contribution is 0.119. The lowest BCUT2D eigenvalue weighted by Gasteiger charge is -2.39. The summed E-state index contributed by atoms with van der Waals surface area (Å²) in [7, 11) is 2.33. The molecule has 0 amide bonds. The minimum absolute atomic E-state index is 0.723. The molecule has 1 saturated carbocycles. The molecule has 0 spiro atoms. The average Bonchev–Trinajstić information content (AvgIpc) is 2.28. The number of hydrogen-bond acceptors (Lipinski definition) is 2. The van der Waals surface area contributed by atoms with Crippen LogP contribution in [0.1, 0.15) is 59.8 Å². The summed E-state index contributed by atoms with van der Waals surface area (Å²) < 4.78 is 0. The second-order valence-electron chi connectivity index (χ2n) is 6.22. The highest BCUT2D eigenvalue weighted by Crippen LogP contribution is 2.25. The van der Waals surface area contributed by atoms with Crippen LogP contribution < -0.4 is 5.32 Å². The third-order valence-electron chi connectivity index (χ3n) is 4.22. The molecule has 2 nitrogen and oxygen atoms in total. The standard InChI is InChI=1S/C15H32N2/c1-6-16-14-8-7-9-15(11-14)17(5)13(4)10-12(2)3/h12-16H,6-11H2,1-5H3. The summed E-state index contributed by atoms with van der Waals surface area (Å²) in [6.45, 7) is 10.4. The van der Waals surface area contributed by atoms with Crippen LogP contribution in [0.15, 0.2) is 0 Å². The van der Waals surface area contributed by atoms with Gasteiger partial charge in [-0.25, -0.2) is 0 Å². The van der Waals surface area contributed by atoms with E-state index in [1.807, 2.05) is 0 Å². The molecule has 0 aromatic heterocycles. The Kier molecular flexibility index (Phi) is 6.50. The molecule has 0 aromatic carbocycles. The van der Waals surface area contributed by atoms with Crippen LogP contribution in [0, 0.1) is 5.92 Å². The van der Waals surface area contributed by atoms with Gasteiger partial charge < -0.3 is 10.2 Å². The third kappa shape index (κ3) is 4.97. The Labute approximate surface area is 108 Å². The Balaban J connectivity index is 2.42. The molecule has 0 bridgehead atoms. The maximum Gasteiger partial charge on any atom is 0.0110 e. The van der Waals surface area contributed by atoms with Gasteiger partial charge in [-0.15, -0.1) is 0 Å². The number of rotatable bonds is 6. The summed E-state index contributed by atoms with van der Waals surface area (Å²) in [5, 5.41) is 3.62. The molecule has 102 valence electrons. The highest BCUT2D eigenvalue weighted by molar-refractivity contribution is 4.84. The average molecular weight is 240 g/mol. The zero-order chi connectivity index (χ0) is 12.8. The van der Waals surface area contributed by atoms with Gasteiger partial charge in [0.2, 0.25) is 0 Å². The van der Waals surface area contributed by atoms with Crippen LogP contribution >= 0.6 is 0 Å². The molecular weight excluding hydrogens is 208 g/mol. The highest BCUT2D eigenvalue weighted by Gasteiger charge is 2.26. The van der Waals surface area contributed by atoms with Crippen molar-refractivity contribution in [2.45, 2.75) is 77.9 Å². The predicted octanol–water partition coefficient (Wildman–Crippen LogP) is 3.27. The third-order valence-corrected chi connectivity index (χ3v) is 4.22. The number of nitrogens with one attached hydrogen (secondary N) is 1. The summed E-state index contributed by atoms with van der Waals surface area (Å²) in [4.78, 5) is 2.63. The zero-order valence-electron chi connectivity index (χ0n) is 12.5. The lowest BCUT2D eigenvalue weighted by Crippen LogP contribution is -2.46. The van der Waals surface area contributed by atoms with E-state index in [9.17, 15) is 0 Å². The molecular formula is C15H32N2. The molecule has 0 aliphatic heterocycles. The molecule has 1 rings (SSSR count). The molecule has 2 heteroatoms. The van der Waals surface area contributed by atoms with Gasteiger partial charge in [0.05, 0.1) is 0 Å². The van der Waals surface area contributed by atoms with Crippen LogP contribution in [0.25, 0.3) is 0 Å². The van der Waals surface area contributed by atoms with Gasteiger partial charge in [0.1, 0.15) is 0 Å². The Morgan fingerprint density at radius 3 is 2.53 bits per heavy atom. The van der Waals surface area contributed by atoms with E-state index in [-0.39, 0.29) is 0 Å². The maximum atomic E-state index is 3.62. The first kappa shape index (κ1) is 15.0. The van der Waals surface area contributed by atoms with Crippen molar-refractivity contribution < 1.29 is 0 Å². The monoisotopic (exact) mass is 240 g/mol. The van der Waals surface area contributed by atoms with E-state index < -0.39 is 0 Å². The summed E-state index contributed by atoms with van der Waals surface area (Å²) in [6.07, 6.45) is 6.81. The summed E-state index contributed by atoms with van der Waals surface area (Å²) in [5.74, 6) is 0.806. The molecule has 0 saturated heterocycles. The Bertz CT molecular complexity index is 201. The smallest absolute Gasteiger partial charge is 0.0110 e. The molecule has 1 fully saturated rings. The Hall–Kier alpha value is -0.0800. The first-order chi connectivity index (χ1) is 8.04. The largest absolute Gasteiger partial charge is 0.314 e. The van der Waals surface area contributed by atoms with Crippen molar-refractivity contribution in [1.82, 2.24) is 10.2 Å².